The third-order valence-corrected chi connectivity index (χ3v) is 4.16. The van der Waals surface area contributed by atoms with Crippen LogP contribution in [0.3, 0.4) is 0 Å². The Morgan fingerprint density at radius 2 is 1.85 bits per heavy atom. The monoisotopic (exact) mass is 377 g/mol. The molecule has 26 heavy (non-hydrogen) atoms. The summed E-state index contributed by atoms with van der Waals surface area (Å²) in [5, 5.41) is 4.37. The molecule has 1 saturated heterocycles. The van der Waals surface area contributed by atoms with Gasteiger partial charge in [-0.1, -0.05) is 23.7 Å². The number of hydroxylamine groups is 2. The molecule has 0 unspecified atom stereocenters. The highest BCUT2D eigenvalue weighted by molar-refractivity contribution is 6.30. The van der Waals surface area contributed by atoms with Gasteiger partial charge in [-0.05, 0) is 42.0 Å². The van der Waals surface area contributed by atoms with Crippen LogP contribution in [0.4, 0.5) is 14.9 Å². The minimum atomic E-state index is -0.762. The predicted octanol–water partition coefficient (Wildman–Crippen LogP) is 3.32. The Balaban J connectivity index is 1.64. The summed E-state index contributed by atoms with van der Waals surface area (Å²) >= 11 is 5.88. The maximum Gasteiger partial charge on any atom is 0.350 e. The lowest BCUT2D eigenvalue weighted by Gasteiger charge is -2.20. The number of carbonyl (C=O) groups excluding carboxylic acids is 2. The van der Waals surface area contributed by atoms with E-state index in [1.54, 1.807) is 36.4 Å². The SMILES string of the molecule is CN1O[C@H](CC(=O)NCc2ccc(F)cc2)N(c2ccc(Cl)cc2)C1=O. The Morgan fingerprint density at radius 3 is 2.50 bits per heavy atom. The second-order valence-electron chi connectivity index (χ2n) is 5.79. The first kappa shape index (κ1) is 18.2. The minimum absolute atomic E-state index is 0.0418. The van der Waals surface area contributed by atoms with Gasteiger partial charge in [0.2, 0.25) is 5.91 Å². The quantitative estimate of drug-likeness (QED) is 0.869. The maximum atomic E-state index is 12.9. The lowest BCUT2D eigenvalue weighted by molar-refractivity contribution is -0.133. The number of nitrogens with one attached hydrogen (secondary N) is 1. The molecule has 0 bridgehead atoms. The third-order valence-electron chi connectivity index (χ3n) is 3.91. The first-order valence-electron chi connectivity index (χ1n) is 7.94. The van der Waals surface area contributed by atoms with Crippen molar-refractivity contribution in [2.45, 2.75) is 19.2 Å². The van der Waals surface area contributed by atoms with Crippen molar-refractivity contribution in [3.8, 4) is 0 Å². The van der Waals surface area contributed by atoms with Crippen molar-refractivity contribution in [1.29, 1.82) is 0 Å². The largest absolute Gasteiger partial charge is 0.352 e. The second kappa shape index (κ2) is 7.72. The summed E-state index contributed by atoms with van der Waals surface area (Å²) in [5.74, 6) is -0.624. The van der Waals surface area contributed by atoms with Crippen molar-refractivity contribution >= 4 is 29.2 Å². The molecular weight excluding hydrogens is 361 g/mol. The van der Waals surface area contributed by atoms with Crippen molar-refractivity contribution in [3.05, 3.63) is 64.9 Å². The number of hydrogen-bond acceptors (Lipinski definition) is 3. The normalized spacial score (nSPS) is 16.9. The standard InChI is InChI=1S/C18H17ClFN3O3/c1-22-18(25)23(15-8-4-13(19)5-9-15)17(26-22)10-16(24)21-11-12-2-6-14(20)7-3-12/h2-9,17H,10-11H2,1H3,(H,21,24)/t17-/m1/s1. The number of hydrogen-bond donors (Lipinski definition) is 1. The summed E-state index contributed by atoms with van der Waals surface area (Å²) < 4.78 is 12.9. The molecule has 136 valence electrons. The maximum absolute atomic E-state index is 12.9. The van der Waals surface area contributed by atoms with Crippen LogP contribution in [0.25, 0.3) is 0 Å². The Bertz CT molecular complexity index is 798. The van der Waals surface area contributed by atoms with E-state index in [4.69, 9.17) is 16.4 Å². The van der Waals surface area contributed by atoms with Crippen LogP contribution in [-0.2, 0) is 16.2 Å². The van der Waals surface area contributed by atoms with Crippen LogP contribution in [0, 0.1) is 5.82 Å². The number of anilines is 1. The van der Waals surface area contributed by atoms with Gasteiger partial charge in [0.1, 0.15) is 5.82 Å². The second-order valence-corrected chi connectivity index (χ2v) is 6.23. The van der Waals surface area contributed by atoms with E-state index in [1.807, 2.05) is 0 Å². The van der Waals surface area contributed by atoms with Crippen LogP contribution in [0.15, 0.2) is 48.5 Å². The molecule has 1 N–H and O–H groups in total. The highest BCUT2D eigenvalue weighted by atomic mass is 35.5. The number of amides is 3. The molecule has 2 aromatic rings. The molecule has 3 rings (SSSR count). The van der Waals surface area contributed by atoms with Gasteiger partial charge < -0.3 is 5.32 Å². The molecular formula is C18H17ClFN3O3. The van der Waals surface area contributed by atoms with E-state index < -0.39 is 6.23 Å². The molecule has 0 radical (unpaired) electrons. The van der Waals surface area contributed by atoms with Gasteiger partial charge in [-0.25, -0.2) is 19.1 Å². The van der Waals surface area contributed by atoms with E-state index in [0.29, 0.717) is 10.7 Å². The van der Waals surface area contributed by atoms with E-state index in [9.17, 15) is 14.0 Å². The number of halogens is 2. The molecule has 6 nitrogen and oxygen atoms in total. The Labute approximate surface area is 155 Å². The van der Waals surface area contributed by atoms with E-state index in [-0.39, 0.29) is 30.7 Å². The van der Waals surface area contributed by atoms with Gasteiger partial charge in [0, 0.05) is 24.3 Å². The molecule has 1 aliphatic rings. The first-order valence-corrected chi connectivity index (χ1v) is 8.32. The summed E-state index contributed by atoms with van der Waals surface area (Å²) in [4.78, 5) is 31.4. The van der Waals surface area contributed by atoms with Crippen LogP contribution in [0.1, 0.15) is 12.0 Å². The fourth-order valence-electron chi connectivity index (χ4n) is 2.59. The van der Waals surface area contributed by atoms with E-state index in [0.717, 1.165) is 10.6 Å². The number of carbonyl (C=O) groups is 2. The number of urea groups is 1. The van der Waals surface area contributed by atoms with Gasteiger partial charge in [0.15, 0.2) is 6.23 Å². The zero-order chi connectivity index (χ0) is 18.7. The summed E-state index contributed by atoms with van der Waals surface area (Å²) in [6.07, 6.45) is -0.804. The van der Waals surface area contributed by atoms with Gasteiger partial charge >= 0.3 is 6.03 Å². The average molecular weight is 378 g/mol. The Hall–Kier alpha value is -2.64. The van der Waals surface area contributed by atoms with Gasteiger partial charge in [-0.3, -0.25) is 9.69 Å². The molecule has 0 aliphatic carbocycles. The number of benzene rings is 2. The molecule has 1 heterocycles. The van der Waals surface area contributed by atoms with Gasteiger partial charge in [0.25, 0.3) is 0 Å². The fourth-order valence-corrected chi connectivity index (χ4v) is 2.72. The highest BCUT2D eigenvalue weighted by Crippen LogP contribution is 2.27. The zero-order valence-electron chi connectivity index (χ0n) is 14.0. The van der Waals surface area contributed by atoms with Crippen LogP contribution < -0.4 is 10.2 Å². The van der Waals surface area contributed by atoms with Crippen molar-refractivity contribution in [2.24, 2.45) is 0 Å². The topological polar surface area (TPSA) is 61.9 Å². The van der Waals surface area contributed by atoms with Crippen molar-refractivity contribution in [3.63, 3.8) is 0 Å². The fraction of sp³-hybridized carbons (Fsp3) is 0.222. The minimum Gasteiger partial charge on any atom is -0.352 e. The molecule has 2 aromatic carbocycles. The van der Waals surface area contributed by atoms with E-state index in [2.05, 4.69) is 5.32 Å². The number of rotatable bonds is 5. The molecule has 0 saturated carbocycles. The van der Waals surface area contributed by atoms with E-state index >= 15 is 0 Å². The number of nitrogens with zero attached hydrogens (tertiary/aromatic N) is 2. The van der Waals surface area contributed by atoms with E-state index in [1.165, 1.54) is 24.1 Å². The van der Waals surface area contributed by atoms with Crippen molar-refractivity contribution < 1.29 is 18.8 Å². The average Bonchev–Trinajstić information content (AvgIpc) is 2.89. The lowest BCUT2D eigenvalue weighted by Crippen LogP contribution is -2.38. The Kier molecular flexibility index (Phi) is 5.39. The van der Waals surface area contributed by atoms with Gasteiger partial charge in [0.05, 0.1) is 6.42 Å². The molecule has 1 aliphatic heterocycles. The molecule has 1 atom stereocenters. The van der Waals surface area contributed by atoms with Crippen LogP contribution >= 0.6 is 11.6 Å². The third kappa shape index (κ3) is 4.12. The summed E-state index contributed by atoms with van der Waals surface area (Å²) in [6, 6.07) is 12.2. The highest BCUT2D eigenvalue weighted by Gasteiger charge is 2.39. The molecule has 8 heteroatoms. The van der Waals surface area contributed by atoms with Crippen molar-refractivity contribution in [1.82, 2.24) is 10.4 Å². The van der Waals surface area contributed by atoms with Gasteiger partial charge in [-0.15, -0.1) is 0 Å². The zero-order valence-corrected chi connectivity index (χ0v) is 14.7. The molecule has 0 aromatic heterocycles. The summed E-state index contributed by atoms with van der Waals surface area (Å²) in [6.45, 7) is 0.260. The molecule has 1 fully saturated rings. The Morgan fingerprint density at radius 1 is 1.19 bits per heavy atom. The summed E-state index contributed by atoms with van der Waals surface area (Å²) in [5.41, 5.74) is 1.36. The van der Waals surface area contributed by atoms with Crippen LogP contribution in [-0.4, -0.2) is 30.3 Å². The van der Waals surface area contributed by atoms with Crippen LogP contribution in [0.2, 0.25) is 5.02 Å². The van der Waals surface area contributed by atoms with Gasteiger partial charge in [-0.2, -0.15) is 0 Å². The van der Waals surface area contributed by atoms with Crippen LogP contribution in [0.5, 0.6) is 0 Å². The first-order chi connectivity index (χ1) is 12.4. The summed E-state index contributed by atoms with van der Waals surface area (Å²) in [7, 11) is 1.49. The molecule has 3 amide bonds. The smallest absolute Gasteiger partial charge is 0.350 e. The lowest BCUT2D eigenvalue weighted by atomic mass is 10.2. The van der Waals surface area contributed by atoms with Crippen molar-refractivity contribution in [2.75, 3.05) is 11.9 Å². The molecule has 0 spiro atoms. The predicted molar refractivity (Wildman–Crippen MR) is 94.8 cm³/mol.